The molecule has 6 nitrogen and oxygen atoms in total. The van der Waals surface area contributed by atoms with Crippen LogP contribution in [0.1, 0.15) is 26.3 Å². The van der Waals surface area contributed by atoms with Crippen LogP contribution in [0.25, 0.3) is 11.0 Å². The molecule has 23 heavy (non-hydrogen) atoms. The van der Waals surface area contributed by atoms with Gasteiger partial charge >= 0.3 is 0 Å². The van der Waals surface area contributed by atoms with Crippen LogP contribution in [0.2, 0.25) is 0 Å². The second-order valence-electron chi connectivity index (χ2n) is 6.32. The van der Waals surface area contributed by atoms with Crippen LogP contribution in [0, 0.1) is 5.82 Å². The standard InChI is InChI=1S/C16H18FN5O/c1-16(2,3)22-13-11(9-19-22)14(23)21-15(20-13)18-8-10-6-4-5-7-12(10)17/h4-7,9H,8H2,1-3H3,(H2,18,20,21,23). The van der Waals surface area contributed by atoms with Crippen LogP contribution in [-0.4, -0.2) is 19.7 Å². The summed E-state index contributed by atoms with van der Waals surface area (Å²) in [4.78, 5) is 19.2. The molecule has 120 valence electrons. The quantitative estimate of drug-likeness (QED) is 0.779. The van der Waals surface area contributed by atoms with Gasteiger partial charge < -0.3 is 5.32 Å². The number of fused-ring (bicyclic) bond motifs is 1. The molecule has 0 aliphatic carbocycles. The minimum Gasteiger partial charge on any atom is -0.351 e. The number of aromatic nitrogens is 4. The fourth-order valence-corrected chi connectivity index (χ4v) is 2.31. The Morgan fingerprint density at radius 2 is 2.04 bits per heavy atom. The highest BCUT2D eigenvalue weighted by atomic mass is 19.1. The number of aromatic amines is 1. The lowest BCUT2D eigenvalue weighted by Crippen LogP contribution is -2.24. The van der Waals surface area contributed by atoms with Gasteiger partial charge in [-0.15, -0.1) is 0 Å². The Morgan fingerprint density at radius 3 is 2.74 bits per heavy atom. The number of H-pyrrole nitrogens is 1. The molecule has 0 atom stereocenters. The van der Waals surface area contributed by atoms with Gasteiger partial charge in [-0.05, 0) is 26.8 Å². The predicted molar refractivity (Wildman–Crippen MR) is 86.9 cm³/mol. The zero-order valence-electron chi connectivity index (χ0n) is 13.2. The van der Waals surface area contributed by atoms with E-state index >= 15 is 0 Å². The SMILES string of the molecule is CC(C)(C)n1ncc2c(=O)[nH]c(NCc3ccccc3F)nc21. The highest BCUT2D eigenvalue weighted by Gasteiger charge is 2.19. The Hall–Kier alpha value is -2.70. The largest absolute Gasteiger partial charge is 0.351 e. The van der Waals surface area contributed by atoms with Gasteiger partial charge in [0.25, 0.3) is 5.56 Å². The Morgan fingerprint density at radius 1 is 1.30 bits per heavy atom. The highest BCUT2D eigenvalue weighted by molar-refractivity contribution is 5.74. The number of hydrogen-bond acceptors (Lipinski definition) is 4. The maximum absolute atomic E-state index is 13.6. The lowest BCUT2D eigenvalue weighted by Gasteiger charge is -2.19. The van der Waals surface area contributed by atoms with Crippen molar-refractivity contribution in [3.05, 3.63) is 52.2 Å². The number of halogens is 1. The van der Waals surface area contributed by atoms with Crippen molar-refractivity contribution in [1.82, 2.24) is 19.7 Å². The number of nitrogens with one attached hydrogen (secondary N) is 2. The number of nitrogens with zero attached hydrogens (tertiary/aromatic N) is 3. The van der Waals surface area contributed by atoms with Crippen LogP contribution in [-0.2, 0) is 12.1 Å². The molecule has 0 fully saturated rings. The zero-order valence-corrected chi connectivity index (χ0v) is 13.2. The van der Waals surface area contributed by atoms with E-state index in [9.17, 15) is 9.18 Å². The third kappa shape index (κ3) is 2.94. The molecule has 2 aromatic heterocycles. The van der Waals surface area contributed by atoms with Crippen molar-refractivity contribution >= 4 is 17.0 Å². The molecule has 0 saturated heterocycles. The van der Waals surface area contributed by atoms with E-state index in [-0.39, 0.29) is 29.4 Å². The molecule has 3 aromatic rings. The fourth-order valence-electron chi connectivity index (χ4n) is 2.31. The van der Waals surface area contributed by atoms with Crippen molar-refractivity contribution in [1.29, 1.82) is 0 Å². The van der Waals surface area contributed by atoms with Gasteiger partial charge in [-0.25, -0.2) is 9.07 Å². The molecule has 0 saturated carbocycles. The minimum absolute atomic E-state index is 0.227. The second kappa shape index (κ2) is 5.49. The Labute approximate surface area is 132 Å². The molecule has 0 unspecified atom stereocenters. The third-order valence-corrected chi connectivity index (χ3v) is 3.48. The molecule has 0 radical (unpaired) electrons. The first-order chi connectivity index (χ1) is 10.9. The summed E-state index contributed by atoms with van der Waals surface area (Å²) in [6, 6.07) is 6.46. The van der Waals surface area contributed by atoms with Gasteiger partial charge in [0.2, 0.25) is 5.95 Å². The third-order valence-electron chi connectivity index (χ3n) is 3.48. The van der Waals surface area contributed by atoms with Crippen LogP contribution in [0.3, 0.4) is 0 Å². The normalized spacial score (nSPS) is 11.8. The van der Waals surface area contributed by atoms with E-state index in [0.717, 1.165) is 0 Å². The maximum Gasteiger partial charge on any atom is 0.263 e. The average molecular weight is 315 g/mol. The first-order valence-corrected chi connectivity index (χ1v) is 7.32. The van der Waals surface area contributed by atoms with E-state index < -0.39 is 0 Å². The van der Waals surface area contributed by atoms with Crippen molar-refractivity contribution in [3.63, 3.8) is 0 Å². The maximum atomic E-state index is 13.6. The van der Waals surface area contributed by atoms with Gasteiger partial charge in [-0.1, -0.05) is 18.2 Å². The van der Waals surface area contributed by atoms with Crippen LogP contribution in [0.5, 0.6) is 0 Å². The van der Waals surface area contributed by atoms with Crippen LogP contribution >= 0.6 is 0 Å². The highest BCUT2D eigenvalue weighted by Crippen LogP contribution is 2.19. The summed E-state index contributed by atoms with van der Waals surface area (Å²) in [6.45, 7) is 6.17. The molecular weight excluding hydrogens is 297 g/mol. The summed E-state index contributed by atoms with van der Waals surface area (Å²) < 4.78 is 15.3. The summed E-state index contributed by atoms with van der Waals surface area (Å²) in [7, 11) is 0. The summed E-state index contributed by atoms with van der Waals surface area (Å²) in [5.74, 6) is -0.0140. The van der Waals surface area contributed by atoms with Gasteiger partial charge in [-0.2, -0.15) is 10.1 Å². The molecule has 0 spiro atoms. The fraction of sp³-hybridized carbons (Fsp3) is 0.312. The molecule has 0 aliphatic heterocycles. The number of rotatable bonds is 3. The number of anilines is 1. The lowest BCUT2D eigenvalue weighted by molar-refractivity contribution is 0.366. The minimum atomic E-state index is -0.303. The van der Waals surface area contributed by atoms with E-state index in [2.05, 4.69) is 20.4 Å². The van der Waals surface area contributed by atoms with Gasteiger partial charge in [-0.3, -0.25) is 9.78 Å². The zero-order chi connectivity index (χ0) is 16.6. The molecule has 0 amide bonds. The molecule has 7 heteroatoms. The van der Waals surface area contributed by atoms with E-state index in [1.807, 2.05) is 20.8 Å². The monoisotopic (exact) mass is 315 g/mol. The van der Waals surface area contributed by atoms with Crippen molar-refractivity contribution in [2.24, 2.45) is 0 Å². The molecular formula is C16H18FN5O. The predicted octanol–water partition coefficient (Wildman–Crippen LogP) is 2.63. The summed E-state index contributed by atoms with van der Waals surface area (Å²) >= 11 is 0. The first-order valence-electron chi connectivity index (χ1n) is 7.32. The summed E-state index contributed by atoms with van der Waals surface area (Å²) in [5, 5.41) is 7.63. The molecule has 1 aromatic carbocycles. The van der Waals surface area contributed by atoms with Gasteiger partial charge in [0.1, 0.15) is 11.2 Å². The lowest BCUT2D eigenvalue weighted by atomic mass is 10.1. The van der Waals surface area contributed by atoms with E-state index in [1.165, 1.54) is 12.3 Å². The van der Waals surface area contributed by atoms with Crippen molar-refractivity contribution in [2.75, 3.05) is 5.32 Å². The number of hydrogen-bond donors (Lipinski definition) is 2. The van der Waals surface area contributed by atoms with Gasteiger partial charge in [0.15, 0.2) is 5.65 Å². The van der Waals surface area contributed by atoms with Crippen molar-refractivity contribution in [3.8, 4) is 0 Å². The average Bonchev–Trinajstić information content (AvgIpc) is 2.91. The van der Waals surface area contributed by atoms with Crippen molar-refractivity contribution < 1.29 is 4.39 Å². The Bertz CT molecular complexity index is 907. The molecule has 2 N–H and O–H groups in total. The summed E-state index contributed by atoms with van der Waals surface area (Å²) in [5.41, 5.74) is 0.420. The topological polar surface area (TPSA) is 75.6 Å². The Balaban J connectivity index is 1.96. The first kappa shape index (κ1) is 15.2. The Kier molecular flexibility index (Phi) is 3.63. The molecule has 3 rings (SSSR count). The number of benzene rings is 1. The molecule has 0 bridgehead atoms. The van der Waals surface area contributed by atoms with Crippen LogP contribution in [0.15, 0.2) is 35.3 Å². The summed E-state index contributed by atoms with van der Waals surface area (Å²) in [6.07, 6.45) is 1.51. The van der Waals surface area contributed by atoms with Gasteiger partial charge in [0, 0.05) is 12.1 Å². The van der Waals surface area contributed by atoms with E-state index in [0.29, 0.717) is 16.6 Å². The second-order valence-corrected chi connectivity index (χ2v) is 6.32. The van der Waals surface area contributed by atoms with Gasteiger partial charge in [0.05, 0.1) is 11.7 Å². The van der Waals surface area contributed by atoms with E-state index in [1.54, 1.807) is 22.9 Å². The smallest absolute Gasteiger partial charge is 0.263 e. The van der Waals surface area contributed by atoms with E-state index in [4.69, 9.17) is 0 Å². The van der Waals surface area contributed by atoms with Crippen LogP contribution < -0.4 is 10.9 Å². The molecule has 2 heterocycles. The van der Waals surface area contributed by atoms with Crippen molar-refractivity contribution in [2.45, 2.75) is 32.9 Å². The van der Waals surface area contributed by atoms with Crippen LogP contribution in [0.4, 0.5) is 10.3 Å². The molecule has 0 aliphatic rings.